The Hall–Kier alpha value is -2.08. The van der Waals surface area contributed by atoms with E-state index in [9.17, 15) is 12.8 Å². The third kappa shape index (κ3) is 3.71. The molecule has 2 aromatic carbocycles. The first kappa shape index (κ1) is 14.3. The van der Waals surface area contributed by atoms with Crippen LogP contribution in [0.15, 0.2) is 42.5 Å². The fourth-order valence-corrected chi connectivity index (χ4v) is 2.95. The number of aryl methyl sites for hydroxylation is 1. The van der Waals surface area contributed by atoms with Gasteiger partial charge in [0.15, 0.2) is 0 Å². The maximum absolute atomic E-state index is 13.4. The minimum Gasteiger partial charge on any atom is -0.399 e. The van der Waals surface area contributed by atoms with Gasteiger partial charge in [0.1, 0.15) is 5.82 Å². The molecule has 106 valence electrons. The van der Waals surface area contributed by atoms with Crippen LogP contribution in [0, 0.1) is 12.7 Å². The number of benzene rings is 2. The minimum atomic E-state index is -3.61. The topological polar surface area (TPSA) is 72.2 Å². The average molecular weight is 294 g/mol. The highest BCUT2D eigenvalue weighted by molar-refractivity contribution is 7.91. The van der Waals surface area contributed by atoms with Gasteiger partial charge in [-0.25, -0.2) is 12.8 Å². The van der Waals surface area contributed by atoms with Gasteiger partial charge in [-0.3, -0.25) is 4.72 Å². The molecule has 0 fully saturated rings. The molecule has 0 aromatic heterocycles. The van der Waals surface area contributed by atoms with Crippen LogP contribution in [0.25, 0.3) is 0 Å². The zero-order valence-corrected chi connectivity index (χ0v) is 11.7. The summed E-state index contributed by atoms with van der Waals surface area (Å²) in [5.74, 6) is -0.665. The Morgan fingerprint density at radius 2 is 1.95 bits per heavy atom. The van der Waals surface area contributed by atoms with Gasteiger partial charge in [0.05, 0.1) is 11.4 Å². The molecule has 0 saturated carbocycles. The summed E-state index contributed by atoms with van der Waals surface area (Å²) in [6.07, 6.45) is 0. The van der Waals surface area contributed by atoms with E-state index in [0.29, 0.717) is 16.8 Å². The lowest BCUT2D eigenvalue weighted by molar-refractivity contribution is 0.600. The highest BCUT2D eigenvalue weighted by atomic mass is 32.2. The van der Waals surface area contributed by atoms with Crippen LogP contribution in [0.3, 0.4) is 0 Å². The number of nitrogens with one attached hydrogen (secondary N) is 1. The van der Waals surface area contributed by atoms with Crippen molar-refractivity contribution in [3.05, 3.63) is 59.4 Å². The average Bonchev–Trinajstić information content (AvgIpc) is 2.33. The van der Waals surface area contributed by atoms with Crippen LogP contribution < -0.4 is 10.5 Å². The summed E-state index contributed by atoms with van der Waals surface area (Å²) >= 11 is 0. The summed E-state index contributed by atoms with van der Waals surface area (Å²) in [6, 6.07) is 10.8. The standard InChI is InChI=1S/C14H15FN2O2S/c1-10-5-6-13(8-14(10)15)17-20(18,19)9-11-3-2-4-12(16)7-11/h2-8,17H,9,16H2,1H3. The van der Waals surface area contributed by atoms with Crippen LogP contribution >= 0.6 is 0 Å². The molecule has 2 rings (SSSR count). The Balaban J connectivity index is 2.17. The van der Waals surface area contributed by atoms with Gasteiger partial charge in [0.25, 0.3) is 0 Å². The number of nitrogen functional groups attached to an aromatic ring is 1. The third-order valence-corrected chi connectivity index (χ3v) is 4.01. The first-order valence-electron chi connectivity index (χ1n) is 5.97. The lowest BCUT2D eigenvalue weighted by Gasteiger charge is -2.09. The molecule has 2 aromatic rings. The minimum absolute atomic E-state index is 0.206. The zero-order chi connectivity index (χ0) is 14.8. The largest absolute Gasteiger partial charge is 0.399 e. The van der Waals surface area contributed by atoms with E-state index in [2.05, 4.69) is 4.72 Å². The highest BCUT2D eigenvalue weighted by Crippen LogP contribution is 2.17. The molecule has 20 heavy (non-hydrogen) atoms. The summed E-state index contributed by atoms with van der Waals surface area (Å²) in [6.45, 7) is 1.61. The van der Waals surface area contributed by atoms with Crippen molar-refractivity contribution in [3.8, 4) is 0 Å². The van der Waals surface area contributed by atoms with E-state index < -0.39 is 15.8 Å². The highest BCUT2D eigenvalue weighted by Gasteiger charge is 2.12. The molecule has 4 nitrogen and oxygen atoms in total. The van der Waals surface area contributed by atoms with Gasteiger partial charge >= 0.3 is 0 Å². The molecule has 0 radical (unpaired) electrons. The van der Waals surface area contributed by atoms with Crippen LogP contribution in [-0.4, -0.2) is 8.42 Å². The van der Waals surface area contributed by atoms with E-state index in [1.807, 2.05) is 0 Å². The van der Waals surface area contributed by atoms with Crippen LogP contribution in [0.2, 0.25) is 0 Å². The zero-order valence-electron chi connectivity index (χ0n) is 10.9. The number of sulfonamides is 1. The Kier molecular flexibility index (Phi) is 3.94. The number of nitrogens with two attached hydrogens (primary N) is 1. The Morgan fingerprint density at radius 3 is 2.60 bits per heavy atom. The lowest BCUT2D eigenvalue weighted by Crippen LogP contribution is -2.15. The summed E-state index contributed by atoms with van der Waals surface area (Å²) in [7, 11) is -3.61. The predicted octanol–water partition coefficient (Wildman–Crippen LogP) is 2.66. The molecule has 0 spiro atoms. The fourth-order valence-electron chi connectivity index (χ4n) is 1.77. The molecular formula is C14H15FN2O2S. The van der Waals surface area contributed by atoms with Crippen LogP contribution in [0.4, 0.5) is 15.8 Å². The predicted molar refractivity (Wildman–Crippen MR) is 78.2 cm³/mol. The second-order valence-corrected chi connectivity index (χ2v) is 6.29. The summed E-state index contributed by atoms with van der Waals surface area (Å²) in [5.41, 5.74) is 7.34. The third-order valence-electron chi connectivity index (χ3n) is 2.75. The second kappa shape index (κ2) is 5.50. The van der Waals surface area contributed by atoms with E-state index >= 15 is 0 Å². The van der Waals surface area contributed by atoms with Crippen molar-refractivity contribution in [2.24, 2.45) is 0 Å². The molecular weight excluding hydrogens is 279 g/mol. The summed E-state index contributed by atoms with van der Waals surface area (Å²) in [4.78, 5) is 0. The summed E-state index contributed by atoms with van der Waals surface area (Å²) < 4.78 is 39.7. The smallest absolute Gasteiger partial charge is 0.236 e. The summed E-state index contributed by atoms with van der Waals surface area (Å²) in [5, 5.41) is 0. The number of hydrogen-bond donors (Lipinski definition) is 2. The second-order valence-electron chi connectivity index (χ2n) is 4.57. The maximum atomic E-state index is 13.4. The van der Waals surface area contributed by atoms with Gasteiger partial charge in [-0.15, -0.1) is 0 Å². The Bertz CT molecular complexity index is 730. The molecule has 0 atom stereocenters. The van der Waals surface area contributed by atoms with Crippen LogP contribution in [0.5, 0.6) is 0 Å². The fraction of sp³-hybridized carbons (Fsp3) is 0.143. The van der Waals surface area contributed by atoms with Crippen molar-refractivity contribution in [1.82, 2.24) is 0 Å². The van der Waals surface area contributed by atoms with Crippen molar-refractivity contribution >= 4 is 21.4 Å². The van der Waals surface area contributed by atoms with Crippen molar-refractivity contribution < 1.29 is 12.8 Å². The number of anilines is 2. The van der Waals surface area contributed by atoms with Crippen LogP contribution in [0.1, 0.15) is 11.1 Å². The molecule has 3 N–H and O–H groups in total. The van der Waals surface area contributed by atoms with Gasteiger partial charge in [-0.1, -0.05) is 18.2 Å². The molecule has 6 heteroatoms. The van der Waals surface area contributed by atoms with E-state index in [1.54, 1.807) is 31.2 Å². The van der Waals surface area contributed by atoms with Crippen molar-refractivity contribution in [2.45, 2.75) is 12.7 Å². The number of hydrogen-bond acceptors (Lipinski definition) is 3. The molecule has 0 heterocycles. The molecule has 0 aliphatic carbocycles. The monoisotopic (exact) mass is 294 g/mol. The van der Waals surface area contributed by atoms with E-state index in [1.165, 1.54) is 12.1 Å². The number of halogens is 1. The van der Waals surface area contributed by atoms with E-state index in [0.717, 1.165) is 6.07 Å². The normalized spacial score (nSPS) is 11.3. The first-order valence-corrected chi connectivity index (χ1v) is 7.62. The van der Waals surface area contributed by atoms with Crippen molar-refractivity contribution in [2.75, 3.05) is 10.5 Å². The molecule has 0 bridgehead atoms. The quantitative estimate of drug-likeness (QED) is 0.851. The Morgan fingerprint density at radius 1 is 1.20 bits per heavy atom. The van der Waals surface area contributed by atoms with Crippen molar-refractivity contribution in [1.29, 1.82) is 0 Å². The van der Waals surface area contributed by atoms with E-state index in [4.69, 9.17) is 5.73 Å². The van der Waals surface area contributed by atoms with Gasteiger partial charge < -0.3 is 5.73 Å². The maximum Gasteiger partial charge on any atom is 0.236 e. The SMILES string of the molecule is Cc1ccc(NS(=O)(=O)Cc2cccc(N)c2)cc1F. The molecule has 0 saturated heterocycles. The van der Waals surface area contributed by atoms with Crippen molar-refractivity contribution in [3.63, 3.8) is 0 Å². The Labute approximate surface area is 117 Å². The molecule has 0 aliphatic rings. The van der Waals surface area contributed by atoms with Gasteiger partial charge in [0, 0.05) is 5.69 Å². The van der Waals surface area contributed by atoms with Gasteiger partial charge in [-0.05, 0) is 42.3 Å². The number of rotatable bonds is 4. The van der Waals surface area contributed by atoms with Gasteiger partial charge in [0.2, 0.25) is 10.0 Å². The van der Waals surface area contributed by atoms with Gasteiger partial charge in [-0.2, -0.15) is 0 Å². The first-order chi connectivity index (χ1) is 9.35. The molecule has 0 aliphatic heterocycles. The van der Waals surface area contributed by atoms with Crippen LogP contribution in [-0.2, 0) is 15.8 Å². The molecule has 0 amide bonds. The lowest BCUT2D eigenvalue weighted by atomic mass is 10.2. The van der Waals surface area contributed by atoms with E-state index in [-0.39, 0.29) is 11.4 Å². The molecule has 0 unspecified atom stereocenters.